The van der Waals surface area contributed by atoms with E-state index in [9.17, 15) is 0 Å². The van der Waals surface area contributed by atoms with E-state index in [2.05, 4.69) is 56.0 Å². The molecule has 0 aromatic heterocycles. The molecule has 2 aromatic rings. The normalized spacial score (nSPS) is 12.8. The second-order valence-corrected chi connectivity index (χ2v) is 17.7. The van der Waals surface area contributed by atoms with Crippen molar-refractivity contribution in [2.45, 2.75) is 61.2 Å². The summed E-state index contributed by atoms with van der Waals surface area (Å²) >= 11 is 0. The summed E-state index contributed by atoms with van der Waals surface area (Å²) in [7, 11) is -8.73. The fourth-order valence-electron chi connectivity index (χ4n) is 5.00. The predicted molar refractivity (Wildman–Crippen MR) is 155 cm³/mol. The minimum Gasteiger partial charge on any atom is -0.391 e. The molecule has 9 heteroatoms. The lowest BCUT2D eigenvalue weighted by atomic mass is 10.1. The summed E-state index contributed by atoms with van der Waals surface area (Å²) in [4.78, 5) is 0. The molecular formula is C27H46O6Si3. The molecule has 0 saturated heterocycles. The average Bonchev–Trinajstić information content (AvgIpc) is 2.84. The molecule has 2 aromatic carbocycles. The van der Waals surface area contributed by atoms with Crippen LogP contribution in [0.2, 0.25) is 19.6 Å². The molecule has 0 aliphatic rings. The van der Waals surface area contributed by atoms with Crippen LogP contribution in [0.4, 0.5) is 0 Å². The first kappa shape index (κ1) is 31.1. The second kappa shape index (κ2) is 14.1. The minimum absolute atomic E-state index is 0.542. The van der Waals surface area contributed by atoms with Gasteiger partial charge in [0.25, 0.3) is 0 Å². The molecule has 0 N–H and O–H groups in total. The van der Waals surface area contributed by atoms with Crippen molar-refractivity contribution in [3.8, 4) is 11.1 Å². The Kier molecular flexibility index (Phi) is 12.2. The van der Waals surface area contributed by atoms with Gasteiger partial charge in [-0.1, -0.05) is 42.5 Å². The third kappa shape index (κ3) is 6.83. The minimum atomic E-state index is -2.97. The zero-order valence-electron chi connectivity index (χ0n) is 23.7. The van der Waals surface area contributed by atoms with Gasteiger partial charge in [-0.15, -0.1) is 0 Å². The van der Waals surface area contributed by atoms with E-state index in [1.54, 1.807) is 0 Å². The van der Waals surface area contributed by atoms with Gasteiger partial charge in [0.1, 0.15) is 0 Å². The van der Waals surface area contributed by atoms with Gasteiger partial charge in [0.2, 0.25) is 0 Å². The molecule has 0 fully saturated rings. The molecule has 0 bridgehead atoms. The first-order valence-corrected chi connectivity index (χ1v) is 20.2. The van der Waals surface area contributed by atoms with Crippen LogP contribution in [0.1, 0.15) is 41.5 Å². The van der Waals surface area contributed by atoms with Gasteiger partial charge in [-0.25, -0.2) is 0 Å². The highest BCUT2D eigenvalue weighted by molar-refractivity contribution is 6.97. The van der Waals surface area contributed by atoms with Crippen molar-refractivity contribution in [3.63, 3.8) is 0 Å². The molecular weight excluding hydrogens is 505 g/mol. The maximum Gasteiger partial charge on any atom is 0.369 e. The van der Waals surface area contributed by atoms with Gasteiger partial charge in [-0.3, -0.25) is 0 Å². The third-order valence-corrected chi connectivity index (χ3v) is 16.0. The van der Waals surface area contributed by atoms with Crippen molar-refractivity contribution >= 4 is 41.2 Å². The van der Waals surface area contributed by atoms with E-state index in [1.165, 1.54) is 0 Å². The van der Waals surface area contributed by atoms with Crippen molar-refractivity contribution < 1.29 is 26.6 Å². The maximum absolute atomic E-state index is 6.57. The number of hydrogen-bond donors (Lipinski definition) is 0. The Morgan fingerprint density at radius 3 is 1.28 bits per heavy atom. The molecule has 0 saturated carbocycles. The first-order chi connectivity index (χ1) is 17.2. The third-order valence-electron chi connectivity index (χ3n) is 6.21. The van der Waals surface area contributed by atoms with Gasteiger partial charge in [-0.2, -0.15) is 0 Å². The molecule has 6 nitrogen and oxygen atoms in total. The zero-order valence-corrected chi connectivity index (χ0v) is 26.7. The molecule has 0 unspecified atom stereocenters. The fraction of sp³-hybridized carbons (Fsp3) is 0.556. The predicted octanol–water partition coefficient (Wildman–Crippen LogP) is 4.41. The van der Waals surface area contributed by atoms with Gasteiger partial charge < -0.3 is 26.6 Å². The quantitative estimate of drug-likeness (QED) is 0.289. The first-order valence-electron chi connectivity index (χ1n) is 13.3. The van der Waals surface area contributed by atoms with E-state index in [4.69, 9.17) is 26.6 Å². The van der Waals surface area contributed by atoms with Crippen LogP contribution >= 0.6 is 0 Å². The van der Waals surface area contributed by atoms with E-state index in [-0.39, 0.29) is 0 Å². The summed E-state index contributed by atoms with van der Waals surface area (Å²) in [5, 5.41) is 3.18. The van der Waals surface area contributed by atoms with E-state index in [1.807, 2.05) is 47.6 Å². The highest BCUT2D eigenvalue weighted by atomic mass is 28.4. The van der Waals surface area contributed by atoms with Crippen LogP contribution in [0.25, 0.3) is 11.1 Å². The van der Waals surface area contributed by atoms with Crippen LogP contribution in [0, 0.1) is 0 Å². The fourth-order valence-corrected chi connectivity index (χ4v) is 15.7. The summed E-state index contributed by atoms with van der Waals surface area (Å²) in [5.74, 6) is 0. The summed E-state index contributed by atoms with van der Waals surface area (Å²) in [6.45, 7) is 21.8. The summed E-state index contributed by atoms with van der Waals surface area (Å²) < 4.78 is 39.1. The Labute approximate surface area is 222 Å². The zero-order chi connectivity index (χ0) is 26.8. The Balaban J connectivity index is 3.16. The average molecular weight is 551 g/mol. The van der Waals surface area contributed by atoms with Gasteiger partial charge in [0.05, 0.1) is 0 Å². The van der Waals surface area contributed by atoms with Crippen molar-refractivity contribution in [1.29, 1.82) is 0 Å². The monoisotopic (exact) mass is 550 g/mol. The molecule has 36 heavy (non-hydrogen) atoms. The van der Waals surface area contributed by atoms with E-state index in [0.717, 1.165) is 26.7 Å². The lowest BCUT2D eigenvalue weighted by Crippen LogP contribution is -2.74. The molecule has 2 rings (SSSR count). The Bertz CT molecular complexity index is 923. The lowest BCUT2D eigenvalue weighted by molar-refractivity contribution is 0.196. The number of benzene rings is 2. The largest absolute Gasteiger partial charge is 0.391 e. The molecule has 0 radical (unpaired) electrons. The van der Waals surface area contributed by atoms with E-state index < -0.39 is 25.7 Å². The Morgan fingerprint density at radius 1 is 0.472 bits per heavy atom. The van der Waals surface area contributed by atoms with Gasteiger partial charge >= 0.3 is 25.7 Å². The van der Waals surface area contributed by atoms with Crippen LogP contribution in [-0.4, -0.2) is 65.3 Å². The van der Waals surface area contributed by atoms with Crippen molar-refractivity contribution in [2.24, 2.45) is 0 Å². The highest BCUT2D eigenvalue weighted by Gasteiger charge is 2.51. The molecule has 0 aliphatic heterocycles. The molecule has 202 valence electrons. The Hall–Kier alpha value is -1.15. The van der Waals surface area contributed by atoms with E-state index in [0.29, 0.717) is 39.6 Å². The summed E-state index contributed by atoms with van der Waals surface area (Å²) in [6.07, 6.45) is 0. The van der Waals surface area contributed by atoms with Crippen LogP contribution in [-0.2, 0) is 26.6 Å². The van der Waals surface area contributed by atoms with Crippen molar-refractivity contribution in [1.82, 2.24) is 0 Å². The van der Waals surface area contributed by atoms with Crippen LogP contribution in [0.3, 0.4) is 0 Å². The number of hydrogen-bond acceptors (Lipinski definition) is 6. The molecule has 0 spiro atoms. The lowest BCUT2D eigenvalue weighted by Gasteiger charge is -2.39. The van der Waals surface area contributed by atoms with Gasteiger partial charge in [0.15, 0.2) is 0 Å². The van der Waals surface area contributed by atoms with Gasteiger partial charge in [-0.05, 0) is 77.5 Å². The maximum atomic E-state index is 6.57. The Morgan fingerprint density at radius 2 is 0.861 bits per heavy atom. The topological polar surface area (TPSA) is 55.4 Å². The van der Waals surface area contributed by atoms with Crippen LogP contribution < -0.4 is 15.6 Å². The van der Waals surface area contributed by atoms with Crippen molar-refractivity contribution in [2.75, 3.05) is 39.6 Å². The summed E-state index contributed by atoms with van der Waals surface area (Å²) in [5.41, 5.74) is 2.20. The van der Waals surface area contributed by atoms with Crippen LogP contribution in [0.5, 0.6) is 0 Å². The van der Waals surface area contributed by atoms with Crippen LogP contribution in [0.15, 0.2) is 42.5 Å². The number of rotatable bonds is 16. The highest BCUT2D eigenvalue weighted by Crippen LogP contribution is 2.24. The standard InChI is InChI=1S/C27H46O6Si3/c1-10-28-34(7,29-11-2)25-22-21-24(23-19-17-16-18-20-23)26(35(8,30-12-3)31-13-4)27(25)36(9,32-14-5)33-15-6/h16-22H,10-15H2,1-9H3. The second-order valence-electron chi connectivity index (χ2n) is 8.71. The molecule has 0 aliphatic carbocycles. The summed E-state index contributed by atoms with van der Waals surface area (Å²) in [6, 6.07) is 14.8. The smallest absolute Gasteiger partial charge is 0.369 e. The molecule has 0 amide bonds. The van der Waals surface area contributed by atoms with Gasteiger partial charge in [0, 0.05) is 50.0 Å². The van der Waals surface area contributed by atoms with Crippen molar-refractivity contribution in [3.05, 3.63) is 42.5 Å². The molecule has 0 atom stereocenters. The molecule has 0 heterocycles. The SMILES string of the molecule is CCO[Si](C)(OCC)c1ccc(-c2ccccc2)c([Si](C)(OCC)OCC)c1[Si](C)(OCC)OCC. The van der Waals surface area contributed by atoms with E-state index >= 15 is 0 Å².